The Morgan fingerprint density at radius 1 is 1.38 bits per heavy atom. The summed E-state index contributed by atoms with van der Waals surface area (Å²) in [5, 5.41) is 8.31. The Balaban J connectivity index is 2.26. The number of ether oxygens (including phenoxy) is 1. The van der Waals surface area contributed by atoms with E-state index in [9.17, 15) is 14.4 Å². The monoisotopic (exact) mass is 309 g/mol. The van der Waals surface area contributed by atoms with Crippen LogP contribution in [0.5, 0.6) is 0 Å². The number of thioether (sulfide) groups is 1. The average molecular weight is 309 g/mol. The van der Waals surface area contributed by atoms with Crippen LogP contribution in [0, 0.1) is 0 Å². The van der Waals surface area contributed by atoms with E-state index in [-0.39, 0.29) is 18.9 Å². The summed E-state index contributed by atoms with van der Waals surface area (Å²) in [6.45, 7) is 1.52. The van der Waals surface area contributed by atoms with Crippen molar-refractivity contribution in [2.75, 3.05) is 18.1 Å². The van der Waals surface area contributed by atoms with Gasteiger partial charge in [0, 0.05) is 4.90 Å². The topological polar surface area (TPSA) is 83.9 Å². The molecule has 0 saturated carbocycles. The quantitative estimate of drug-likeness (QED) is 0.830. The molecule has 2 rings (SSSR count). The molecule has 1 heterocycles. The lowest BCUT2D eigenvalue weighted by atomic mass is 10.2. The van der Waals surface area contributed by atoms with Gasteiger partial charge in [-0.15, -0.1) is 11.8 Å². The second kappa shape index (κ2) is 6.62. The summed E-state index contributed by atoms with van der Waals surface area (Å²) >= 11 is 1.27. The highest BCUT2D eigenvalue weighted by Crippen LogP contribution is 2.40. The number of carbonyl (C=O) groups is 3. The van der Waals surface area contributed by atoms with E-state index >= 15 is 0 Å². The molecule has 0 aliphatic carbocycles. The molecule has 7 heteroatoms. The summed E-state index contributed by atoms with van der Waals surface area (Å²) < 4.78 is 4.86. The molecule has 0 radical (unpaired) electrons. The molecule has 112 valence electrons. The molecule has 1 aromatic rings. The number of aliphatic carboxylic acids is 1. The maximum Gasteiger partial charge on any atom is 0.323 e. The third-order valence-corrected chi connectivity index (χ3v) is 4.17. The zero-order valence-electron chi connectivity index (χ0n) is 11.4. The first kappa shape index (κ1) is 15.4. The average Bonchev–Trinajstić information content (AvgIpc) is 2.43. The molecule has 1 atom stereocenters. The number of hydrogen-bond acceptors (Lipinski definition) is 5. The molecule has 0 bridgehead atoms. The fourth-order valence-corrected chi connectivity index (χ4v) is 3.28. The van der Waals surface area contributed by atoms with E-state index in [4.69, 9.17) is 9.84 Å². The van der Waals surface area contributed by atoms with Crippen LogP contribution >= 0.6 is 11.8 Å². The second-order valence-corrected chi connectivity index (χ2v) is 5.65. The van der Waals surface area contributed by atoms with Gasteiger partial charge in [0.2, 0.25) is 5.91 Å². The van der Waals surface area contributed by atoms with Gasteiger partial charge in [0.25, 0.3) is 0 Å². The number of para-hydroxylation sites is 1. The first-order valence-corrected chi connectivity index (χ1v) is 7.35. The highest BCUT2D eigenvalue weighted by Gasteiger charge is 2.35. The van der Waals surface area contributed by atoms with Crippen molar-refractivity contribution in [1.82, 2.24) is 0 Å². The van der Waals surface area contributed by atoms with E-state index in [1.807, 2.05) is 6.07 Å². The first-order valence-electron chi connectivity index (χ1n) is 6.47. The maximum atomic E-state index is 12.4. The summed E-state index contributed by atoms with van der Waals surface area (Å²) in [6.07, 6.45) is -0.0677. The summed E-state index contributed by atoms with van der Waals surface area (Å²) in [4.78, 5) is 36.9. The van der Waals surface area contributed by atoms with Crippen molar-refractivity contribution in [2.45, 2.75) is 23.5 Å². The van der Waals surface area contributed by atoms with Crippen molar-refractivity contribution in [3.63, 3.8) is 0 Å². The van der Waals surface area contributed by atoms with Crippen molar-refractivity contribution < 1.29 is 24.2 Å². The van der Waals surface area contributed by atoms with Crippen LogP contribution in [0.2, 0.25) is 0 Å². The van der Waals surface area contributed by atoms with Crippen LogP contribution in [0.15, 0.2) is 29.2 Å². The number of carbonyl (C=O) groups excluding carboxylic acids is 2. The van der Waals surface area contributed by atoms with Gasteiger partial charge in [-0.3, -0.25) is 19.3 Å². The van der Waals surface area contributed by atoms with E-state index in [0.717, 1.165) is 4.90 Å². The number of rotatable bonds is 5. The largest absolute Gasteiger partial charge is 0.480 e. The van der Waals surface area contributed by atoms with Crippen LogP contribution in [0.25, 0.3) is 0 Å². The molecule has 1 unspecified atom stereocenters. The molecule has 1 aliphatic heterocycles. The molecular weight excluding hydrogens is 294 g/mol. The molecule has 0 aromatic heterocycles. The van der Waals surface area contributed by atoms with Gasteiger partial charge in [0.05, 0.1) is 24.0 Å². The number of carboxylic acid groups (broad SMARTS) is 1. The maximum absolute atomic E-state index is 12.4. The van der Waals surface area contributed by atoms with Crippen LogP contribution in [0.3, 0.4) is 0 Å². The molecule has 0 spiro atoms. The van der Waals surface area contributed by atoms with Gasteiger partial charge < -0.3 is 9.84 Å². The number of amides is 1. The van der Waals surface area contributed by atoms with Gasteiger partial charge in [-0.25, -0.2) is 0 Å². The Morgan fingerprint density at radius 3 is 2.76 bits per heavy atom. The highest BCUT2D eigenvalue weighted by molar-refractivity contribution is 8.01. The zero-order valence-corrected chi connectivity index (χ0v) is 12.3. The van der Waals surface area contributed by atoms with Gasteiger partial charge >= 0.3 is 11.9 Å². The Morgan fingerprint density at radius 2 is 2.10 bits per heavy atom. The SMILES string of the molecule is CCOC(=O)CC1Sc2ccccc2N(CC(=O)O)C1=O. The first-order chi connectivity index (χ1) is 10.0. The number of nitrogens with zero attached hydrogens (tertiary/aromatic N) is 1. The van der Waals surface area contributed by atoms with E-state index in [2.05, 4.69) is 0 Å². The van der Waals surface area contributed by atoms with Crippen molar-refractivity contribution in [3.05, 3.63) is 24.3 Å². The smallest absolute Gasteiger partial charge is 0.323 e. The van der Waals surface area contributed by atoms with Crippen LogP contribution in [-0.2, 0) is 19.1 Å². The van der Waals surface area contributed by atoms with Crippen molar-refractivity contribution in [1.29, 1.82) is 0 Å². The summed E-state index contributed by atoms with van der Waals surface area (Å²) in [7, 11) is 0. The number of benzene rings is 1. The molecule has 6 nitrogen and oxygen atoms in total. The molecule has 21 heavy (non-hydrogen) atoms. The number of hydrogen-bond donors (Lipinski definition) is 1. The number of fused-ring (bicyclic) bond motifs is 1. The van der Waals surface area contributed by atoms with Crippen molar-refractivity contribution >= 4 is 35.3 Å². The fourth-order valence-electron chi connectivity index (χ4n) is 2.07. The Hall–Kier alpha value is -2.02. The van der Waals surface area contributed by atoms with Crippen LogP contribution in [-0.4, -0.2) is 41.4 Å². The highest BCUT2D eigenvalue weighted by atomic mass is 32.2. The molecule has 1 aliphatic rings. The Labute approximate surface area is 126 Å². The van der Waals surface area contributed by atoms with Gasteiger partial charge in [-0.2, -0.15) is 0 Å². The number of esters is 1. The van der Waals surface area contributed by atoms with E-state index < -0.39 is 23.7 Å². The molecular formula is C14H15NO5S. The van der Waals surface area contributed by atoms with E-state index in [0.29, 0.717) is 5.69 Å². The normalized spacial score (nSPS) is 17.3. The van der Waals surface area contributed by atoms with Gasteiger partial charge in [-0.05, 0) is 19.1 Å². The predicted octanol–water partition coefficient (Wildman–Crippen LogP) is 1.53. The molecule has 0 saturated heterocycles. The van der Waals surface area contributed by atoms with Crippen molar-refractivity contribution in [2.24, 2.45) is 0 Å². The number of carboxylic acids is 1. The van der Waals surface area contributed by atoms with Crippen LogP contribution < -0.4 is 4.90 Å². The molecule has 1 amide bonds. The van der Waals surface area contributed by atoms with Gasteiger partial charge in [0.1, 0.15) is 6.54 Å². The Bertz CT molecular complexity index is 574. The van der Waals surface area contributed by atoms with Crippen LogP contribution in [0.1, 0.15) is 13.3 Å². The summed E-state index contributed by atoms with van der Waals surface area (Å²) in [5.41, 5.74) is 0.565. The van der Waals surface area contributed by atoms with Gasteiger partial charge in [-0.1, -0.05) is 12.1 Å². The van der Waals surface area contributed by atoms with E-state index in [1.165, 1.54) is 16.7 Å². The minimum atomic E-state index is -1.10. The third kappa shape index (κ3) is 3.55. The standard InChI is InChI=1S/C14H15NO5S/c1-2-20-13(18)7-11-14(19)15(8-12(16)17)9-5-3-4-6-10(9)21-11/h3-6,11H,2,7-8H2,1H3,(H,16,17). The van der Waals surface area contributed by atoms with Gasteiger partial charge in [0.15, 0.2) is 0 Å². The van der Waals surface area contributed by atoms with E-state index in [1.54, 1.807) is 25.1 Å². The second-order valence-electron chi connectivity index (χ2n) is 4.40. The van der Waals surface area contributed by atoms with Crippen molar-refractivity contribution in [3.8, 4) is 0 Å². The lowest BCUT2D eigenvalue weighted by Gasteiger charge is -2.32. The molecule has 0 fully saturated rings. The molecule has 1 aromatic carbocycles. The predicted molar refractivity (Wildman–Crippen MR) is 77.3 cm³/mol. The zero-order chi connectivity index (χ0) is 15.4. The summed E-state index contributed by atoms with van der Waals surface area (Å²) in [6, 6.07) is 7.05. The summed E-state index contributed by atoms with van der Waals surface area (Å²) in [5.74, 6) is -1.94. The third-order valence-electron chi connectivity index (χ3n) is 2.92. The molecule has 1 N–H and O–H groups in total. The lowest BCUT2D eigenvalue weighted by molar-refractivity contribution is -0.144. The minimum absolute atomic E-state index is 0.0677. The Kier molecular flexibility index (Phi) is 4.85. The number of anilines is 1. The minimum Gasteiger partial charge on any atom is -0.480 e. The van der Waals surface area contributed by atoms with Crippen LogP contribution in [0.4, 0.5) is 5.69 Å². The fraction of sp³-hybridized carbons (Fsp3) is 0.357. The lowest BCUT2D eigenvalue weighted by Crippen LogP contribution is -2.44.